The van der Waals surface area contributed by atoms with Crippen LogP contribution >= 0.6 is 23.2 Å². The molecular formula is C19H20Cl2F4N4O. The van der Waals surface area contributed by atoms with Gasteiger partial charge in [-0.1, -0.05) is 29.3 Å². The van der Waals surface area contributed by atoms with Crippen LogP contribution in [0.15, 0.2) is 40.0 Å². The molecule has 0 aromatic heterocycles. The number of carbonyl (C=O) groups excluding carboxylic acids is 1. The van der Waals surface area contributed by atoms with Crippen molar-refractivity contribution in [3.63, 3.8) is 0 Å². The molecule has 0 saturated carbocycles. The number of nitrogens with one attached hydrogen (secondary N) is 1. The van der Waals surface area contributed by atoms with E-state index in [2.05, 4.69) is 22.0 Å². The smallest absolute Gasteiger partial charge is 0.323 e. The molecule has 164 valence electrons. The fourth-order valence-electron chi connectivity index (χ4n) is 2.88. The van der Waals surface area contributed by atoms with E-state index in [1.54, 1.807) is 6.92 Å². The molecular weight excluding hydrogens is 447 g/mol. The number of benzene rings is 1. The minimum Gasteiger partial charge on any atom is -0.350 e. The number of alkyl halides is 4. The Bertz CT molecular complexity index is 873. The third-order valence-electron chi connectivity index (χ3n) is 4.64. The maximum Gasteiger partial charge on any atom is 0.323 e. The van der Waals surface area contributed by atoms with Gasteiger partial charge >= 0.3 is 11.8 Å². The first kappa shape index (κ1) is 24.3. The molecule has 2 rings (SSSR count). The number of aliphatic imine (C=N–C) groups is 2. The summed E-state index contributed by atoms with van der Waals surface area (Å²) in [5.74, 6) is -8.69. The van der Waals surface area contributed by atoms with Gasteiger partial charge in [-0.3, -0.25) is 9.69 Å². The van der Waals surface area contributed by atoms with Gasteiger partial charge in [-0.15, -0.1) is 0 Å². The highest BCUT2D eigenvalue weighted by Gasteiger charge is 2.63. The van der Waals surface area contributed by atoms with Gasteiger partial charge in [-0.2, -0.15) is 17.6 Å². The molecule has 1 aliphatic rings. The van der Waals surface area contributed by atoms with Gasteiger partial charge in [-0.05, 0) is 38.3 Å². The highest BCUT2D eigenvalue weighted by molar-refractivity contribution is 6.43. The Labute approximate surface area is 181 Å². The second-order valence-corrected chi connectivity index (χ2v) is 7.63. The number of rotatable bonds is 6. The Balaban J connectivity index is 2.27. The normalized spacial score (nSPS) is 20.1. The van der Waals surface area contributed by atoms with E-state index in [1.165, 1.54) is 31.3 Å². The van der Waals surface area contributed by atoms with Crippen LogP contribution in [0.1, 0.15) is 24.2 Å². The quantitative estimate of drug-likeness (QED) is 0.375. The molecule has 1 aliphatic heterocycles. The maximum absolute atomic E-state index is 13.7. The third-order valence-corrected chi connectivity index (χ3v) is 5.46. The molecule has 30 heavy (non-hydrogen) atoms. The van der Waals surface area contributed by atoms with Gasteiger partial charge in [0.2, 0.25) is 0 Å². The molecule has 0 spiro atoms. The van der Waals surface area contributed by atoms with Crippen LogP contribution in [-0.2, 0) is 0 Å². The zero-order valence-electron chi connectivity index (χ0n) is 16.2. The highest BCUT2D eigenvalue weighted by atomic mass is 35.5. The molecule has 5 nitrogen and oxygen atoms in total. The summed E-state index contributed by atoms with van der Waals surface area (Å²) in [4.78, 5) is 21.0. The first-order valence-electron chi connectivity index (χ1n) is 8.79. The Hall–Kier alpha value is -1.97. The first-order valence-corrected chi connectivity index (χ1v) is 9.55. The molecule has 0 aliphatic carbocycles. The van der Waals surface area contributed by atoms with Crippen molar-refractivity contribution in [2.75, 3.05) is 19.6 Å². The molecule has 0 radical (unpaired) electrons. The molecule has 1 aromatic carbocycles. The molecule has 1 unspecified atom stereocenters. The van der Waals surface area contributed by atoms with Crippen molar-refractivity contribution >= 4 is 41.7 Å². The molecule has 1 saturated heterocycles. The van der Waals surface area contributed by atoms with E-state index in [0.29, 0.717) is 11.4 Å². The van der Waals surface area contributed by atoms with Crippen molar-refractivity contribution < 1.29 is 22.4 Å². The van der Waals surface area contributed by atoms with Gasteiger partial charge in [0.25, 0.3) is 5.91 Å². The zero-order valence-corrected chi connectivity index (χ0v) is 17.7. The van der Waals surface area contributed by atoms with E-state index in [1.807, 2.05) is 0 Å². The molecule has 1 amide bonds. The van der Waals surface area contributed by atoms with Crippen molar-refractivity contribution in [1.29, 1.82) is 0 Å². The van der Waals surface area contributed by atoms with E-state index < -0.39 is 36.9 Å². The maximum atomic E-state index is 13.7. The van der Waals surface area contributed by atoms with Crippen LogP contribution in [0.4, 0.5) is 17.6 Å². The number of likely N-dealkylation sites (tertiary alicyclic amines) is 1. The molecule has 1 N–H and O–H groups in total. The lowest BCUT2D eigenvalue weighted by Gasteiger charge is -2.28. The summed E-state index contributed by atoms with van der Waals surface area (Å²) in [6, 6.07) is 3.49. The number of hydrogen-bond donors (Lipinski definition) is 1. The summed E-state index contributed by atoms with van der Waals surface area (Å²) in [7, 11) is 0. The Morgan fingerprint density at radius 3 is 2.43 bits per heavy atom. The van der Waals surface area contributed by atoms with Gasteiger partial charge in [0, 0.05) is 12.7 Å². The second kappa shape index (κ2) is 9.45. The lowest BCUT2D eigenvalue weighted by molar-refractivity contribution is -0.172. The summed E-state index contributed by atoms with van der Waals surface area (Å²) < 4.78 is 55.0. The minimum atomic E-state index is -4.19. The van der Waals surface area contributed by atoms with Crippen molar-refractivity contribution in [3.05, 3.63) is 45.6 Å². The third kappa shape index (κ3) is 5.39. The van der Waals surface area contributed by atoms with Crippen LogP contribution in [-0.4, -0.2) is 60.9 Å². The summed E-state index contributed by atoms with van der Waals surface area (Å²) in [6.45, 7) is 3.86. The molecule has 1 atom stereocenters. The predicted octanol–water partition coefficient (Wildman–Crippen LogP) is 4.70. The van der Waals surface area contributed by atoms with Crippen molar-refractivity contribution in [2.45, 2.75) is 31.7 Å². The highest BCUT2D eigenvalue weighted by Crippen LogP contribution is 2.42. The molecule has 1 fully saturated rings. The van der Waals surface area contributed by atoms with Gasteiger partial charge in [0.05, 0.1) is 34.7 Å². The minimum absolute atomic E-state index is 0.0250. The second-order valence-electron chi connectivity index (χ2n) is 6.85. The number of halogens is 6. The monoisotopic (exact) mass is 466 g/mol. The van der Waals surface area contributed by atoms with Crippen LogP contribution in [0.5, 0.6) is 0 Å². The van der Waals surface area contributed by atoms with Crippen LogP contribution < -0.4 is 5.32 Å². The Kier molecular flexibility index (Phi) is 7.65. The summed E-state index contributed by atoms with van der Waals surface area (Å²) >= 11 is 11.9. The van der Waals surface area contributed by atoms with Crippen LogP contribution in [0.25, 0.3) is 0 Å². The fraction of sp³-hybridized carbons (Fsp3) is 0.421. The topological polar surface area (TPSA) is 57.1 Å². The molecule has 0 bridgehead atoms. The lowest BCUT2D eigenvalue weighted by Crippen LogP contribution is -2.44. The summed E-state index contributed by atoms with van der Waals surface area (Å²) in [5, 5.41) is 2.73. The van der Waals surface area contributed by atoms with Gasteiger partial charge in [-0.25, -0.2) is 9.98 Å². The van der Waals surface area contributed by atoms with Crippen LogP contribution in [0.3, 0.4) is 0 Å². The fourth-order valence-corrected chi connectivity index (χ4v) is 3.27. The van der Waals surface area contributed by atoms with Crippen LogP contribution in [0.2, 0.25) is 10.0 Å². The van der Waals surface area contributed by atoms with E-state index in [9.17, 15) is 22.4 Å². The van der Waals surface area contributed by atoms with Gasteiger partial charge in [0.1, 0.15) is 5.84 Å². The van der Waals surface area contributed by atoms with Crippen molar-refractivity contribution in [2.24, 2.45) is 9.98 Å². The predicted molar refractivity (Wildman–Crippen MR) is 110 cm³/mol. The number of carbonyl (C=O) groups is 1. The molecule has 1 heterocycles. The van der Waals surface area contributed by atoms with E-state index in [-0.39, 0.29) is 22.2 Å². The number of amidine groups is 1. The summed E-state index contributed by atoms with van der Waals surface area (Å²) in [6.07, 6.45) is 1.32. The number of hydrogen-bond acceptors (Lipinski definition) is 3. The van der Waals surface area contributed by atoms with Crippen molar-refractivity contribution in [3.8, 4) is 0 Å². The number of amides is 1. The first-order chi connectivity index (χ1) is 13.9. The van der Waals surface area contributed by atoms with Crippen molar-refractivity contribution in [1.82, 2.24) is 10.2 Å². The van der Waals surface area contributed by atoms with E-state index in [4.69, 9.17) is 23.2 Å². The van der Waals surface area contributed by atoms with Crippen LogP contribution in [0, 0.1) is 0 Å². The lowest BCUT2D eigenvalue weighted by atomic mass is 10.1. The average Bonchev–Trinajstić information content (AvgIpc) is 2.88. The molecule has 1 aromatic rings. The summed E-state index contributed by atoms with van der Waals surface area (Å²) in [5.41, 5.74) is 0.454. The Morgan fingerprint density at radius 2 is 1.87 bits per heavy atom. The molecule has 11 heteroatoms. The standard InChI is InChI=1S/C19H20Cl2F4N4O/c1-11(7-27-12(2)26-3)15(29-9-18(22,23)19(24,25)10-29)8-28-17(30)13-5-4-6-14(20)16(13)21/h4-7,15H,3,8-10H2,1-2H3,(H,28,30)/b11-7+,27-12?. The number of nitrogens with zero attached hydrogens (tertiary/aromatic N) is 3. The van der Waals surface area contributed by atoms with Gasteiger partial charge in [0.15, 0.2) is 0 Å². The average molecular weight is 467 g/mol. The largest absolute Gasteiger partial charge is 0.350 e. The SMILES string of the molecule is C=NC(C)=N/C=C(\C)C(CNC(=O)c1cccc(Cl)c1Cl)N1CC(F)(F)C(F)(F)C1. The van der Waals surface area contributed by atoms with E-state index >= 15 is 0 Å². The van der Waals surface area contributed by atoms with E-state index in [0.717, 1.165) is 4.90 Å². The Morgan fingerprint density at radius 1 is 1.27 bits per heavy atom. The zero-order chi connectivity index (χ0) is 22.7. The van der Waals surface area contributed by atoms with Gasteiger partial charge < -0.3 is 5.32 Å².